The lowest BCUT2D eigenvalue weighted by Crippen LogP contribution is -2.29. The van der Waals surface area contributed by atoms with E-state index in [2.05, 4.69) is 5.32 Å². The molecule has 0 fully saturated rings. The summed E-state index contributed by atoms with van der Waals surface area (Å²) in [6.45, 7) is 0.290. The molecule has 0 unspecified atom stereocenters. The van der Waals surface area contributed by atoms with Crippen LogP contribution in [0.2, 0.25) is 5.02 Å². The number of para-hydroxylation sites is 1. The summed E-state index contributed by atoms with van der Waals surface area (Å²) in [6, 6.07) is 14.5. The van der Waals surface area contributed by atoms with Crippen molar-refractivity contribution in [1.82, 2.24) is 9.72 Å². The number of benzene rings is 2. The average Bonchev–Trinajstić information content (AvgIpc) is 3.02. The van der Waals surface area contributed by atoms with Crippen molar-refractivity contribution in [3.63, 3.8) is 0 Å². The van der Waals surface area contributed by atoms with Gasteiger partial charge in [-0.1, -0.05) is 35.9 Å². The molecule has 0 aliphatic rings. The largest absolute Gasteiger partial charge is 0.396 e. The molecule has 0 saturated heterocycles. The van der Waals surface area contributed by atoms with Gasteiger partial charge in [0, 0.05) is 47.3 Å². The van der Waals surface area contributed by atoms with E-state index >= 15 is 0 Å². The molecule has 4 aromatic rings. The van der Waals surface area contributed by atoms with E-state index in [9.17, 15) is 14.7 Å². The summed E-state index contributed by atoms with van der Waals surface area (Å²) in [5.74, 6) is -0.429. The molecule has 0 spiro atoms. The molecule has 0 aliphatic carbocycles. The minimum atomic E-state index is -0.429. The lowest BCUT2D eigenvalue weighted by atomic mass is 10.1. The van der Waals surface area contributed by atoms with Gasteiger partial charge in [-0.05, 0) is 29.8 Å². The molecule has 0 aliphatic heterocycles. The zero-order chi connectivity index (χ0) is 19.0. The molecule has 2 aromatic heterocycles. The van der Waals surface area contributed by atoms with Crippen molar-refractivity contribution < 1.29 is 9.90 Å². The van der Waals surface area contributed by atoms with Crippen LogP contribution in [0.25, 0.3) is 16.3 Å². The third kappa shape index (κ3) is 3.16. The Labute approximate surface area is 160 Å². The van der Waals surface area contributed by atoms with E-state index < -0.39 is 5.91 Å². The zero-order valence-corrected chi connectivity index (χ0v) is 15.2. The Morgan fingerprint density at radius 3 is 2.67 bits per heavy atom. The number of hydrogen-bond donors (Lipinski definition) is 2. The Hall–Kier alpha value is -2.89. The maximum absolute atomic E-state index is 12.9. The van der Waals surface area contributed by atoms with Crippen LogP contribution >= 0.6 is 11.6 Å². The van der Waals surface area contributed by atoms with Gasteiger partial charge in [-0.15, -0.1) is 0 Å². The number of aromatic nitrogens is 1. The highest BCUT2D eigenvalue weighted by atomic mass is 35.5. The molecular formula is C21H17ClN2O3. The summed E-state index contributed by atoms with van der Waals surface area (Å²) >= 11 is 5.87. The van der Waals surface area contributed by atoms with E-state index in [1.54, 1.807) is 30.5 Å². The van der Waals surface area contributed by atoms with Crippen LogP contribution in [0.15, 0.2) is 59.5 Å². The van der Waals surface area contributed by atoms with E-state index in [4.69, 9.17) is 11.6 Å². The Kier molecular flexibility index (Phi) is 4.56. The summed E-state index contributed by atoms with van der Waals surface area (Å²) in [5, 5.41) is 14.1. The van der Waals surface area contributed by atoms with Crippen molar-refractivity contribution in [2.24, 2.45) is 0 Å². The number of aliphatic hydroxyl groups is 1. The van der Waals surface area contributed by atoms with Crippen molar-refractivity contribution in [1.29, 1.82) is 0 Å². The quantitative estimate of drug-likeness (QED) is 0.559. The first kappa shape index (κ1) is 17.5. The highest BCUT2D eigenvalue weighted by Gasteiger charge is 2.18. The fourth-order valence-corrected chi connectivity index (χ4v) is 3.48. The molecular weight excluding hydrogens is 364 g/mol. The molecule has 0 atom stereocenters. The summed E-state index contributed by atoms with van der Waals surface area (Å²) in [6.07, 6.45) is 2.01. The van der Waals surface area contributed by atoms with Crippen LogP contribution < -0.4 is 10.7 Å². The second kappa shape index (κ2) is 7.02. The summed E-state index contributed by atoms with van der Waals surface area (Å²) < 4.78 is 1.83. The molecule has 136 valence electrons. The highest BCUT2D eigenvalue weighted by molar-refractivity contribution is 6.30. The number of nitrogens with zero attached hydrogens (tertiary/aromatic N) is 1. The number of aliphatic hydroxyl groups excluding tert-OH is 1. The van der Waals surface area contributed by atoms with Crippen LogP contribution in [0, 0.1) is 0 Å². The number of rotatable bonds is 5. The van der Waals surface area contributed by atoms with Gasteiger partial charge < -0.3 is 14.8 Å². The lowest BCUT2D eigenvalue weighted by molar-refractivity contribution is 0.0949. The van der Waals surface area contributed by atoms with Crippen LogP contribution in [-0.4, -0.2) is 22.0 Å². The monoisotopic (exact) mass is 380 g/mol. The van der Waals surface area contributed by atoms with Gasteiger partial charge in [0.2, 0.25) is 5.43 Å². The highest BCUT2D eigenvalue weighted by Crippen LogP contribution is 2.24. The first-order valence-electron chi connectivity index (χ1n) is 8.61. The number of halogens is 1. The molecule has 0 bridgehead atoms. The normalized spacial score (nSPS) is 11.3. The van der Waals surface area contributed by atoms with Crippen molar-refractivity contribution >= 4 is 33.8 Å². The number of amides is 1. The lowest BCUT2D eigenvalue weighted by Gasteiger charge is -2.09. The summed E-state index contributed by atoms with van der Waals surface area (Å²) in [7, 11) is 0. The van der Waals surface area contributed by atoms with E-state index in [1.807, 2.05) is 28.7 Å². The van der Waals surface area contributed by atoms with E-state index in [1.165, 1.54) is 0 Å². The van der Waals surface area contributed by atoms with E-state index in [-0.39, 0.29) is 17.6 Å². The van der Waals surface area contributed by atoms with Gasteiger partial charge in [-0.2, -0.15) is 0 Å². The van der Waals surface area contributed by atoms with Crippen LogP contribution in [0.1, 0.15) is 21.6 Å². The van der Waals surface area contributed by atoms with E-state index in [0.717, 1.165) is 22.2 Å². The predicted octanol–water partition coefficient (Wildman–Crippen LogP) is 3.01. The number of hydrogen-bond acceptors (Lipinski definition) is 3. The minimum Gasteiger partial charge on any atom is -0.396 e. The molecule has 0 saturated carbocycles. The average molecular weight is 381 g/mol. The van der Waals surface area contributed by atoms with Crippen LogP contribution in [0.4, 0.5) is 0 Å². The molecule has 0 radical (unpaired) electrons. The van der Waals surface area contributed by atoms with Gasteiger partial charge in [-0.25, -0.2) is 0 Å². The van der Waals surface area contributed by atoms with Gasteiger partial charge in [-0.3, -0.25) is 9.59 Å². The van der Waals surface area contributed by atoms with Crippen molar-refractivity contribution in [3.05, 3.63) is 86.8 Å². The van der Waals surface area contributed by atoms with Gasteiger partial charge in [0.1, 0.15) is 5.56 Å². The Balaban J connectivity index is 1.73. The SMILES string of the molecule is O=C(NCc1ccc(Cl)cc1)c1cn2c(CCO)cc3cccc(c1=O)c32. The molecule has 2 heterocycles. The fraction of sp³-hybridized carbons (Fsp3) is 0.143. The van der Waals surface area contributed by atoms with Crippen LogP contribution in [-0.2, 0) is 13.0 Å². The Morgan fingerprint density at radius 2 is 1.93 bits per heavy atom. The zero-order valence-electron chi connectivity index (χ0n) is 14.4. The summed E-state index contributed by atoms with van der Waals surface area (Å²) in [4.78, 5) is 25.5. The van der Waals surface area contributed by atoms with Gasteiger partial charge in [0.25, 0.3) is 5.91 Å². The second-order valence-electron chi connectivity index (χ2n) is 6.40. The maximum atomic E-state index is 12.9. The topological polar surface area (TPSA) is 70.8 Å². The van der Waals surface area contributed by atoms with Gasteiger partial charge >= 0.3 is 0 Å². The Morgan fingerprint density at radius 1 is 1.15 bits per heavy atom. The molecule has 4 rings (SSSR count). The smallest absolute Gasteiger partial charge is 0.257 e. The first-order chi connectivity index (χ1) is 13.1. The summed E-state index contributed by atoms with van der Waals surface area (Å²) in [5.41, 5.74) is 2.31. The first-order valence-corrected chi connectivity index (χ1v) is 8.99. The number of pyridine rings is 1. The minimum absolute atomic E-state index is 0.00839. The molecule has 27 heavy (non-hydrogen) atoms. The standard InChI is InChI=1S/C21H17ClN2O3/c22-15-6-4-13(5-7-15)11-23-21(27)18-12-24-16(8-9-25)10-14-2-1-3-17(19(14)24)20(18)26/h1-7,10,12,25H,8-9,11H2,(H,23,27). The predicted molar refractivity (Wildman–Crippen MR) is 106 cm³/mol. The number of nitrogens with one attached hydrogen (secondary N) is 1. The van der Waals surface area contributed by atoms with Crippen molar-refractivity contribution in [2.45, 2.75) is 13.0 Å². The van der Waals surface area contributed by atoms with Gasteiger partial charge in [0.15, 0.2) is 0 Å². The van der Waals surface area contributed by atoms with Crippen molar-refractivity contribution in [3.8, 4) is 0 Å². The van der Waals surface area contributed by atoms with Crippen molar-refractivity contribution in [2.75, 3.05) is 6.61 Å². The second-order valence-corrected chi connectivity index (χ2v) is 6.84. The maximum Gasteiger partial charge on any atom is 0.257 e. The molecule has 2 aromatic carbocycles. The molecule has 1 amide bonds. The van der Waals surface area contributed by atoms with Gasteiger partial charge in [0.05, 0.1) is 5.52 Å². The van der Waals surface area contributed by atoms with Crippen LogP contribution in [0.3, 0.4) is 0 Å². The fourth-order valence-electron chi connectivity index (χ4n) is 3.35. The number of carbonyl (C=O) groups excluding carboxylic acids is 1. The molecule has 5 nitrogen and oxygen atoms in total. The molecule has 2 N–H and O–H groups in total. The Bertz CT molecular complexity index is 1180. The third-order valence-corrected chi connectivity index (χ3v) is 4.92. The van der Waals surface area contributed by atoms with E-state index in [0.29, 0.717) is 23.4 Å². The molecule has 6 heteroatoms. The number of carbonyl (C=O) groups is 1. The third-order valence-electron chi connectivity index (χ3n) is 4.67. The van der Waals surface area contributed by atoms with Crippen LogP contribution in [0.5, 0.6) is 0 Å².